The van der Waals surface area contributed by atoms with Crippen LogP contribution in [0.1, 0.15) is 31.7 Å². The number of benzene rings is 1. The van der Waals surface area contributed by atoms with Crippen LogP contribution < -0.4 is 15.8 Å². The number of amides is 1. The minimum atomic E-state index is -0.599. The molecule has 3 N–H and O–H groups in total. The van der Waals surface area contributed by atoms with Gasteiger partial charge >= 0.3 is 0 Å². The lowest BCUT2D eigenvalue weighted by Gasteiger charge is -2.35. The number of hydrogen-bond donors (Lipinski definition) is 2. The second-order valence-electron chi connectivity index (χ2n) is 6.45. The first-order valence-electron chi connectivity index (χ1n) is 8.65. The summed E-state index contributed by atoms with van der Waals surface area (Å²) in [7, 11) is 1.59. The molecule has 0 saturated carbocycles. The average molecular weight is 360 g/mol. The van der Waals surface area contributed by atoms with Crippen LogP contribution in [0.2, 0.25) is 0 Å². The van der Waals surface area contributed by atoms with Crippen LogP contribution in [0.4, 0.5) is 0 Å². The number of methoxy groups -OCH3 is 1. The highest BCUT2D eigenvalue weighted by molar-refractivity contribution is 5.83. The molecule has 1 aromatic heterocycles. The van der Waals surface area contributed by atoms with Gasteiger partial charge in [-0.25, -0.2) is 0 Å². The predicted octanol–water partition coefficient (Wildman–Crippen LogP) is 1.68. The van der Waals surface area contributed by atoms with Gasteiger partial charge in [0.25, 0.3) is 0 Å². The summed E-state index contributed by atoms with van der Waals surface area (Å²) >= 11 is 0. The highest BCUT2D eigenvalue weighted by Gasteiger charge is 2.39. The summed E-state index contributed by atoms with van der Waals surface area (Å²) in [5.41, 5.74) is 6.01. The van der Waals surface area contributed by atoms with Gasteiger partial charge in [0.15, 0.2) is 0 Å². The SMILES string of the molecule is COc1ccccc1-c1noc(C(C)NC(=O)C2(CN)CCOCC2)n1. The standard InChI is InChI=1S/C18H24N4O4/c1-12(20-17(23)18(11-19)7-9-25-10-8-18)16-21-15(22-26-16)13-5-3-4-6-14(13)24-2/h3-6,12H,7-11,19H2,1-2H3,(H,20,23). The summed E-state index contributed by atoms with van der Waals surface area (Å²) < 4.78 is 16.0. The summed E-state index contributed by atoms with van der Waals surface area (Å²) in [6.07, 6.45) is 1.22. The van der Waals surface area contributed by atoms with Crippen molar-refractivity contribution in [3.63, 3.8) is 0 Å². The molecule has 0 spiro atoms. The maximum atomic E-state index is 12.8. The first-order chi connectivity index (χ1) is 12.6. The largest absolute Gasteiger partial charge is 0.496 e. The molecule has 26 heavy (non-hydrogen) atoms. The summed E-state index contributed by atoms with van der Waals surface area (Å²) in [4.78, 5) is 17.2. The maximum absolute atomic E-state index is 12.8. The number of rotatable bonds is 6. The molecule has 0 bridgehead atoms. The molecule has 8 nitrogen and oxygen atoms in total. The van der Waals surface area contributed by atoms with Crippen molar-refractivity contribution in [2.45, 2.75) is 25.8 Å². The molecule has 1 aliphatic rings. The van der Waals surface area contributed by atoms with Gasteiger partial charge < -0.3 is 25.0 Å². The minimum absolute atomic E-state index is 0.104. The van der Waals surface area contributed by atoms with Crippen LogP contribution in [0.3, 0.4) is 0 Å². The molecule has 1 aliphatic heterocycles. The van der Waals surface area contributed by atoms with Crippen molar-refractivity contribution in [1.82, 2.24) is 15.5 Å². The van der Waals surface area contributed by atoms with Crippen molar-refractivity contribution < 1.29 is 18.8 Å². The van der Waals surface area contributed by atoms with E-state index < -0.39 is 11.5 Å². The molecule has 1 atom stereocenters. The van der Waals surface area contributed by atoms with Gasteiger partial charge in [-0.3, -0.25) is 4.79 Å². The molecule has 2 heterocycles. The molecular formula is C18H24N4O4. The van der Waals surface area contributed by atoms with E-state index in [1.54, 1.807) is 14.0 Å². The number of nitrogens with zero attached hydrogens (tertiary/aromatic N) is 2. The number of nitrogens with one attached hydrogen (secondary N) is 1. The molecule has 0 aliphatic carbocycles. The lowest BCUT2D eigenvalue weighted by atomic mass is 9.79. The molecule has 3 rings (SSSR count). The fourth-order valence-electron chi connectivity index (χ4n) is 3.05. The van der Waals surface area contributed by atoms with Gasteiger partial charge in [0.1, 0.15) is 11.8 Å². The Balaban J connectivity index is 1.74. The summed E-state index contributed by atoms with van der Waals surface area (Å²) in [6, 6.07) is 6.99. The lowest BCUT2D eigenvalue weighted by molar-refractivity contribution is -0.136. The average Bonchev–Trinajstić information content (AvgIpc) is 3.18. The van der Waals surface area contributed by atoms with E-state index in [0.29, 0.717) is 43.5 Å². The van der Waals surface area contributed by atoms with Crippen LogP contribution in [-0.4, -0.2) is 42.9 Å². The molecule has 1 amide bonds. The van der Waals surface area contributed by atoms with Crippen LogP contribution in [0.15, 0.2) is 28.8 Å². The van der Waals surface area contributed by atoms with E-state index in [4.69, 9.17) is 19.7 Å². The van der Waals surface area contributed by atoms with Gasteiger partial charge in [-0.05, 0) is 31.9 Å². The van der Waals surface area contributed by atoms with E-state index in [-0.39, 0.29) is 12.5 Å². The van der Waals surface area contributed by atoms with E-state index in [9.17, 15) is 4.79 Å². The van der Waals surface area contributed by atoms with Crippen molar-refractivity contribution >= 4 is 5.91 Å². The Morgan fingerprint density at radius 1 is 1.38 bits per heavy atom. The van der Waals surface area contributed by atoms with Crippen LogP contribution in [0.25, 0.3) is 11.4 Å². The summed E-state index contributed by atoms with van der Waals surface area (Å²) in [5.74, 6) is 1.30. The maximum Gasteiger partial charge on any atom is 0.249 e. The zero-order chi connectivity index (χ0) is 18.6. The van der Waals surface area contributed by atoms with E-state index in [1.165, 1.54) is 0 Å². The van der Waals surface area contributed by atoms with Gasteiger partial charge in [0, 0.05) is 19.8 Å². The molecular weight excluding hydrogens is 336 g/mol. The van der Waals surface area contributed by atoms with E-state index in [2.05, 4.69) is 15.5 Å². The molecule has 1 saturated heterocycles. The molecule has 0 radical (unpaired) electrons. The van der Waals surface area contributed by atoms with Gasteiger partial charge in [-0.15, -0.1) is 0 Å². The Morgan fingerprint density at radius 3 is 2.81 bits per heavy atom. The first-order valence-corrected chi connectivity index (χ1v) is 8.65. The highest BCUT2D eigenvalue weighted by atomic mass is 16.5. The Labute approximate surface area is 152 Å². The molecule has 140 valence electrons. The highest BCUT2D eigenvalue weighted by Crippen LogP contribution is 2.31. The number of hydrogen-bond acceptors (Lipinski definition) is 7. The fourth-order valence-corrected chi connectivity index (χ4v) is 3.05. The number of carbonyl (C=O) groups excluding carboxylic acids is 1. The molecule has 1 unspecified atom stereocenters. The van der Waals surface area contributed by atoms with Crippen molar-refractivity contribution in [2.24, 2.45) is 11.1 Å². The Hall–Kier alpha value is -2.45. The Morgan fingerprint density at radius 2 is 2.12 bits per heavy atom. The molecule has 1 aromatic carbocycles. The van der Waals surface area contributed by atoms with E-state index >= 15 is 0 Å². The molecule has 8 heteroatoms. The van der Waals surface area contributed by atoms with Crippen molar-refractivity contribution in [2.75, 3.05) is 26.9 Å². The molecule has 2 aromatic rings. The third-order valence-corrected chi connectivity index (χ3v) is 4.83. The van der Waals surface area contributed by atoms with Crippen molar-refractivity contribution in [3.05, 3.63) is 30.2 Å². The summed E-state index contributed by atoms with van der Waals surface area (Å²) in [5, 5.41) is 6.96. The lowest BCUT2D eigenvalue weighted by Crippen LogP contribution is -2.49. The third-order valence-electron chi connectivity index (χ3n) is 4.83. The van der Waals surface area contributed by atoms with E-state index in [1.807, 2.05) is 24.3 Å². The van der Waals surface area contributed by atoms with Gasteiger partial charge in [-0.2, -0.15) is 4.98 Å². The quantitative estimate of drug-likeness (QED) is 0.806. The van der Waals surface area contributed by atoms with Crippen LogP contribution >= 0.6 is 0 Å². The second-order valence-corrected chi connectivity index (χ2v) is 6.45. The smallest absolute Gasteiger partial charge is 0.249 e. The van der Waals surface area contributed by atoms with Crippen LogP contribution in [-0.2, 0) is 9.53 Å². The fraction of sp³-hybridized carbons (Fsp3) is 0.500. The summed E-state index contributed by atoms with van der Waals surface area (Å²) in [6.45, 7) is 3.17. The number of aromatic nitrogens is 2. The zero-order valence-electron chi connectivity index (χ0n) is 15.0. The van der Waals surface area contributed by atoms with Gasteiger partial charge in [-0.1, -0.05) is 17.3 Å². The Kier molecular flexibility index (Phi) is 5.53. The van der Waals surface area contributed by atoms with E-state index in [0.717, 1.165) is 5.56 Å². The van der Waals surface area contributed by atoms with Crippen LogP contribution in [0, 0.1) is 5.41 Å². The third kappa shape index (κ3) is 3.56. The number of ether oxygens (including phenoxy) is 2. The normalized spacial score (nSPS) is 17.5. The molecule has 1 fully saturated rings. The zero-order valence-corrected chi connectivity index (χ0v) is 15.0. The van der Waals surface area contributed by atoms with Crippen LogP contribution in [0.5, 0.6) is 5.75 Å². The monoisotopic (exact) mass is 360 g/mol. The number of carbonyl (C=O) groups is 1. The van der Waals surface area contributed by atoms with Crippen molar-refractivity contribution in [3.8, 4) is 17.1 Å². The Bertz CT molecular complexity index is 755. The van der Waals surface area contributed by atoms with Crippen molar-refractivity contribution in [1.29, 1.82) is 0 Å². The first kappa shape index (κ1) is 18.3. The van der Waals surface area contributed by atoms with Gasteiger partial charge in [0.2, 0.25) is 17.6 Å². The number of nitrogens with two attached hydrogens (primary N) is 1. The number of para-hydroxylation sites is 1. The minimum Gasteiger partial charge on any atom is -0.496 e. The van der Waals surface area contributed by atoms with Gasteiger partial charge in [0.05, 0.1) is 18.1 Å². The topological polar surface area (TPSA) is 113 Å². The predicted molar refractivity (Wildman–Crippen MR) is 94.4 cm³/mol. The second kappa shape index (κ2) is 7.84.